The number of hydrogen-bond acceptors (Lipinski definition) is 3. The van der Waals surface area contributed by atoms with Crippen molar-refractivity contribution in [1.82, 2.24) is 5.32 Å². The van der Waals surface area contributed by atoms with E-state index >= 15 is 0 Å². The number of hydrogen-bond donors (Lipinski definition) is 2. The Morgan fingerprint density at radius 1 is 1.29 bits per heavy atom. The molecule has 0 aromatic heterocycles. The van der Waals surface area contributed by atoms with Crippen molar-refractivity contribution in [3.63, 3.8) is 0 Å². The number of rotatable bonds is 4. The first kappa shape index (κ1) is 12.1. The van der Waals surface area contributed by atoms with Crippen molar-refractivity contribution in [3.8, 4) is 0 Å². The van der Waals surface area contributed by atoms with Crippen molar-refractivity contribution in [2.24, 2.45) is 0 Å². The molecule has 0 amide bonds. The van der Waals surface area contributed by atoms with Crippen molar-refractivity contribution in [3.05, 3.63) is 35.9 Å². The number of piperidine rings is 1. The first-order valence-corrected chi connectivity index (χ1v) is 5.91. The quantitative estimate of drug-likeness (QED) is 0.832. The minimum absolute atomic E-state index is 0.0394. The Bertz CT molecular complexity index is 360. The predicted octanol–water partition coefficient (Wildman–Crippen LogP) is 1.58. The Hall–Kier alpha value is -1.39. The molecule has 0 spiro atoms. The van der Waals surface area contributed by atoms with E-state index in [0.717, 1.165) is 25.9 Å². The molecule has 1 aromatic carbocycles. The summed E-state index contributed by atoms with van der Waals surface area (Å²) in [6, 6.07) is 9.11. The van der Waals surface area contributed by atoms with Crippen molar-refractivity contribution < 1.29 is 14.6 Å². The van der Waals surface area contributed by atoms with E-state index in [1.807, 2.05) is 18.2 Å². The van der Waals surface area contributed by atoms with Crippen LogP contribution in [0.25, 0.3) is 0 Å². The topological polar surface area (TPSA) is 58.6 Å². The lowest BCUT2D eigenvalue weighted by Crippen LogP contribution is -2.34. The zero-order valence-corrected chi connectivity index (χ0v) is 9.63. The summed E-state index contributed by atoms with van der Waals surface area (Å²) in [6.45, 7) is 1.79. The van der Waals surface area contributed by atoms with Gasteiger partial charge in [-0.15, -0.1) is 0 Å². The van der Waals surface area contributed by atoms with Gasteiger partial charge >= 0.3 is 5.97 Å². The fraction of sp³-hybridized carbons (Fsp3) is 0.462. The largest absolute Gasteiger partial charge is 0.479 e. The third-order valence-electron chi connectivity index (χ3n) is 2.94. The molecule has 2 N–H and O–H groups in total. The molecule has 1 heterocycles. The minimum Gasteiger partial charge on any atom is -0.479 e. The van der Waals surface area contributed by atoms with Crippen molar-refractivity contribution in [1.29, 1.82) is 0 Å². The van der Waals surface area contributed by atoms with Gasteiger partial charge in [0.25, 0.3) is 0 Å². The molecule has 0 bridgehead atoms. The summed E-state index contributed by atoms with van der Waals surface area (Å²) in [5, 5.41) is 12.4. The number of carbonyl (C=O) groups is 1. The molecule has 0 saturated carbocycles. The van der Waals surface area contributed by atoms with E-state index < -0.39 is 12.1 Å². The molecule has 1 unspecified atom stereocenters. The lowest BCUT2D eigenvalue weighted by atomic mass is 10.1. The van der Waals surface area contributed by atoms with E-state index in [0.29, 0.717) is 5.56 Å². The molecule has 1 aliphatic rings. The Labute approximate surface area is 101 Å². The van der Waals surface area contributed by atoms with E-state index in [4.69, 9.17) is 4.74 Å². The summed E-state index contributed by atoms with van der Waals surface area (Å²) in [7, 11) is 0. The van der Waals surface area contributed by atoms with Gasteiger partial charge in [-0.1, -0.05) is 30.3 Å². The molecule has 4 heteroatoms. The van der Waals surface area contributed by atoms with Crippen LogP contribution >= 0.6 is 0 Å². The van der Waals surface area contributed by atoms with Gasteiger partial charge in [0.15, 0.2) is 6.10 Å². The van der Waals surface area contributed by atoms with Gasteiger partial charge in [0.2, 0.25) is 0 Å². The third-order valence-corrected chi connectivity index (χ3v) is 2.94. The average Bonchev–Trinajstić information content (AvgIpc) is 2.38. The third kappa shape index (κ3) is 3.28. The van der Waals surface area contributed by atoms with E-state index in [1.54, 1.807) is 12.1 Å². The van der Waals surface area contributed by atoms with Gasteiger partial charge in [-0.2, -0.15) is 0 Å². The highest BCUT2D eigenvalue weighted by molar-refractivity contribution is 5.74. The maximum atomic E-state index is 11.2. The van der Waals surface area contributed by atoms with E-state index in [1.165, 1.54) is 0 Å². The van der Waals surface area contributed by atoms with Crippen LogP contribution in [0.15, 0.2) is 30.3 Å². The van der Waals surface area contributed by atoms with E-state index in [9.17, 15) is 9.90 Å². The van der Waals surface area contributed by atoms with Crippen LogP contribution in [0, 0.1) is 0 Å². The zero-order chi connectivity index (χ0) is 12.1. The molecule has 0 aliphatic carbocycles. The molecule has 1 fully saturated rings. The number of carboxylic acids is 1. The molecule has 1 atom stereocenters. The highest BCUT2D eigenvalue weighted by Gasteiger charge is 2.25. The highest BCUT2D eigenvalue weighted by atomic mass is 16.5. The van der Waals surface area contributed by atoms with Gasteiger partial charge in [-0.3, -0.25) is 0 Å². The molecule has 1 aliphatic heterocycles. The molecule has 1 aromatic rings. The first-order chi connectivity index (χ1) is 8.27. The Morgan fingerprint density at radius 2 is 1.94 bits per heavy atom. The Morgan fingerprint density at radius 3 is 2.53 bits per heavy atom. The summed E-state index contributed by atoms with van der Waals surface area (Å²) >= 11 is 0. The lowest BCUT2D eigenvalue weighted by molar-refractivity contribution is -0.156. The summed E-state index contributed by atoms with van der Waals surface area (Å²) in [5.41, 5.74) is 0.707. The van der Waals surface area contributed by atoms with Gasteiger partial charge in [0.05, 0.1) is 6.10 Å². The maximum absolute atomic E-state index is 11.2. The number of nitrogens with one attached hydrogen (secondary N) is 1. The smallest absolute Gasteiger partial charge is 0.337 e. The second-order valence-corrected chi connectivity index (χ2v) is 4.21. The maximum Gasteiger partial charge on any atom is 0.337 e. The van der Waals surface area contributed by atoms with Gasteiger partial charge in [-0.05, 0) is 31.5 Å². The lowest BCUT2D eigenvalue weighted by Gasteiger charge is -2.26. The number of ether oxygens (including phenoxy) is 1. The predicted molar refractivity (Wildman–Crippen MR) is 63.8 cm³/mol. The van der Waals surface area contributed by atoms with E-state index in [-0.39, 0.29) is 6.10 Å². The van der Waals surface area contributed by atoms with Crippen LogP contribution < -0.4 is 5.32 Å². The van der Waals surface area contributed by atoms with Crippen LogP contribution in [0.4, 0.5) is 0 Å². The first-order valence-electron chi connectivity index (χ1n) is 5.91. The molecule has 4 nitrogen and oxygen atoms in total. The second-order valence-electron chi connectivity index (χ2n) is 4.21. The molecular formula is C13H17NO3. The highest BCUT2D eigenvalue weighted by Crippen LogP contribution is 2.22. The van der Waals surface area contributed by atoms with Crippen molar-refractivity contribution in [2.75, 3.05) is 13.1 Å². The van der Waals surface area contributed by atoms with Crippen molar-refractivity contribution in [2.45, 2.75) is 25.0 Å². The number of carboxylic acid groups (broad SMARTS) is 1. The van der Waals surface area contributed by atoms with Crippen LogP contribution in [-0.2, 0) is 9.53 Å². The van der Waals surface area contributed by atoms with Gasteiger partial charge in [0.1, 0.15) is 0 Å². The molecule has 92 valence electrons. The zero-order valence-electron chi connectivity index (χ0n) is 9.63. The monoisotopic (exact) mass is 235 g/mol. The molecular weight excluding hydrogens is 218 g/mol. The number of benzene rings is 1. The van der Waals surface area contributed by atoms with Gasteiger partial charge in [0, 0.05) is 0 Å². The standard InChI is InChI=1S/C13H17NO3/c15-13(16)12(10-4-2-1-3-5-10)17-11-6-8-14-9-7-11/h1-5,11-12,14H,6-9H2,(H,15,16). The van der Waals surface area contributed by atoms with E-state index in [2.05, 4.69) is 5.32 Å². The van der Waals surface area contributed by atoms with Crippen LogP contribution in [0.1, 0.15) is 24.5 Å². The Kier molecular flexibility index (Phi) is 4.12. The molecule has 1 saturated heterocycles. The summed E-state index contributed by atoms with van der Waals surface area (Å²) in [6.07, 6.45) is 0.935. The summed E-state index contributed by atoms with van der Waals surface area (Å²) < 4.78 is 5.70. The van der Waals surface area contributed by atoms with Crippen LogP contribution in [0.5, 0.6) is 0 Å². The minimum atomic E-state index is -0.922. The molecule has 0 radical (unpaired) electrons. The van der Waals surface area contributed by atoms with Gasteiger partial charge in [-0.25, -0.2) is 4.79 Å². The van der Waals surface area contributed by atoms with Gasteiger partial charge < -0.3 is 15.2 Å². The molecule has 17 heavy (non-hydrogen) atoms. The summed E-state index contributed by atoms with van der Waals surface area (Å²) in [4.78, 5) is 11.2. The Balaban J connectivity index is 2.05. The van der Waals surface area contributed by atoms with Crippen LogP contribution in [0.3, 0.4) is 0 Å². The summed E-state index contributed by atoms with van der Waals surface area (Å²) in [5.74, 6) is -0.922. The van der Waals surface area contributed by atoms with Crippen LogP contribution in [0.2, 0.25) is 0 Å². The fourth-order valence-corrected chi connectivity index (χ4v) is 2.03. The van der Waals surface area contributed by atoms with Crippen molar-refractivity contribution >= 4 is 5.97 Å². The molecule has 2 rings (SSSR count). The average molecular weight is 235 g/mol. The second kappa shape index (κ2) is 5.80. The SMILES string of the molecule is O=C(O)C(OC1CCNCC1)c1ccccc1. The number of aliphatic carboxylic acids is 1. The van der Waals surface area contributed by atoms with Crippen LogP contribution in [-0.4, -0.2) is 30.3 Å². The fourth-order valence-electron chi connectivity index (χ4n) is 2.03. The normalized spacial score (nSPS) is 18.8.